The first kappa shape index (κ1) is 82.6. The summed E-state index contributed by atoms with van der Waals surface area (Å²) < 4.78 is 40.3. The van der Waals surface area contributed by atoms with Crippen molar-refractivity contribution < 1.29 is 28.4 Å². The molecule has 0 bridgehead atoms. The van der Waals surface area contributed by atoms with Gasteiger partial charge >= 0.3 is 0 Å². The second kappa shape index (κ2) is 35.4. The Morgan fingerprint density at radius 2 is 0.704 bits per heavy atom. The molecule has 17 aliphatic heterocycles. The first-order chi connectivity index (χ1) is 61.3. The summed E-state index contributed by atoms with van der Waals surface area (Å²) in [5.41, 5.74) is 22.1. The summed E-state index contributed by atoms with van der Waals surface area (Å²) in [4.78, 5) is 23.0. The molecule has 0 N–H and O–H groups in total. The van der Waals surface area contributed by atoms with Gasteiger partial charge in [-0.1, -0.05) is 140 Å². The molecule has 7 aromatic carbocycles. The number of hydrogen-bond acceptors (Lipinski definition) is 14. The lowest BCUT2D eigenvalue weighted by atomic mass is 9.80. The molecule has 17 aliphatic rings. The molecule has 19 heterocycles. The van der Waals surface area contributed by atoms with Crippen molar-refractivity contribution in [1.82, 2.24) is 43.7 Å². The highest BCUT2D eigenvalue weighted by Gasteiger charge is 2.52. The van der Waals surface area contributed by atoms with Crippen LogP contribution in [0.4, 0.5) is 0 Å². The number of nitrogens with zero attached hydrogens (tertiary/aromatic N) is 9. The van der Waals surface area contributed by atoms with E-state index in [2.05, 4.69) is 215 Å². The summed E-state index contributed by atoms with van der Waals surface area (Å²) in [5.74, 6) is 5.68. The minimum Gasteiger partial charge on any atom is -0.487 e. The van der Waals surface area contributed by atoms with Gasteiger partial charge in [0.15, 0.2) is 0 Å². The van der Waals surface area contributed by atoms with Crippen molar-refractivity contribution >= 4 is 5.65 Å². The maximum atomic E-state index is 6.64. The summed E-state index contributed by atoms with van der Waals surface area (Å²) >= 11 is 0. The van der Waals surface area contributed by atoms with Crippen molar-refractivity contribution in [3.63, 3.8) is 0 Å². The van der Waals surface area contributed by atoms with Gasteiger partial charge in [0, 0.05) is 217 Å². The number of morpholine rings is 1. The van der Waals surface area contributed by atoms with E-state index in [0.717, 1.165) is 156 Å². The Hall–Kier alpha value is -8.09. The Bertz CT molecular complexity index is 5310. The highest BCUT2D eigenvalue weighted by atomic mass is 16.5. The van der Waals surface area contributed by atoms with Crippen LogP contribution in [0.25, 0.3) is 27.9 Å². The molecule has 0 aliphatic carbocycles. The third-order valence-electron chi connectivity index (χ3n) is 33.1. The molecule has 658 valence electrons. The van der Waals surface area contributed by atoms with E-state index in [1.165, 1.54) is 309 Å². The van der Waals surface area contributed by atoms with E-state index in [0.29, 0.717) is 0 Å². The minimum atomic E-state index is 0.0355. The van der Waals surface area contributed by atoms with Gasteiger partial charge in [-0.2, -0.15) is 0 Å². The molecule has 125 heavy (non-hydrogen) atoms. The lowest BCUT2D eigenvalue weighted by Crippen LogP contribution is -2.54. The third kappa shape index (κ3) is 17.9. The SMILES string of the molecule is Cc1ccc(-c2ccc3c(c2)CC2(CCN4CCCCC4C2)O3)cc1.Cc1ccc2c(c1)CC1(CCN3CCCCC3C1)O2.c1cc2c(cc1CN1CCOCC1)CC1(CCN3CCCCC3C1)O2.c1ccc2c(c1)CCN(Cc1ccc3c(c1)CC1(CCN4CCCCC4C1)O3)C2.c1cn2cc(-c3ccc4c(c3)CC3(CCN5CCCCC5C3)O4)ccc2n1. The number of pyridine rings is 1. The first-order valence-corrected chi connectivity index (χ1v) is 49.6. The Labute approximate surface area is 744 Å². The lowest BCUT2D eigenvalue weighted by Gasteiger charge is -2.46. The van der Waals surface area contributed by atoms with Crippen LogP contribution >= 0.6 is 0 Å². The normalized spacial score (nSPS) is 30.1. The smallest absolute Gasteiger partial charge is 0.136 e. The maximum Gasteiger partial charge on any atom is 0.136 e. The van der Waals surface area contributed by atoms with Gasteiger partial charge in [-0.05, 0) is 244 Å². The standard InChI is InChI=1S/C26H32N2O.C23H25N3O.C23H27NO.C21H30N2O2.C17H23NO/c1-2-6-22-19-27(13-10-21(22)5-1)18-20-8-9-25-23(15-20)16-26(29-25)11-14-28-12-4-3-7-24(28)17-26;1-2-10-25-11-8-23(15-20(25)3-1)14-19-13-17(4-6-21(19)27-23)18-5-7-22-24-9-12-26(22)16-18;1-17-5-7-18(8-6-17)19-9-10-22-20(14-19)15-23(25-22)11-13-24-12-3-2-4-21(24)16-23;1-2-7-23-8-6-21(15-19(23)3-1)14-18-13-17(4-5-20(18)25-21)16-22-9-11-24-12-10-22;1-13-5-6-16-14(10-13)11-17(19-16)7-9-18-8-3-2-4-15(18)12-17/h1-2,5-6,8-9,15,24H,3-4,7,10-14,16-19H2;4-7,9,12-13,16,20H,1-3,8,10-11,14-15H2;5-10,14,21H,2-4,11-13,15-16H2,1H3;4-5,13,19H,1-3,6-12,14-16H2;5-6,10,15H,2-4,7-9,11-12H2,1H3. The van der Waals surface area contributed by atoms with Gasteiger partial charge in [-0.25, -0.2) is 4.98 Å². The number of imidazole rings is 1. The van der Waals surface area contributed by atoms with E-state index in [-0.39, 0.29) is 28.0 Å². The quantitative estimate of drug-likeness (QED) is 0.158. The predicted octanol–water partition coefficient (Wildman–Crippen LogP) is 20.0. The predicted molar refractivity (Wildman–Crippen MR) is 499 cm³/mol. The summed E-state index contributed by atoms with van der Waals surface area (Å²) in [7, 11) is 0. The van der Waals surface area contributed by atoms with Crippen LogP contribution < -0.4 is 23.7 Å². The zero-order chi connectivity index (χ0) is 83.5. The summed E-state index contributed by atoms with van der Waals surface area (Å²) in [5, 5.41) is 0. The van der Waals surface area contributed by atoms with Crippen LogP contribution in [-0.4, -0.2) is 200 Å². The van der Waals surface area contributed by atoms with Gasteiger partial charge in [-0.15, -0.1) is 0 Å². The van der Waals surface area contributed by atoms with E-state index in [1.807, 2.05) is 12.4 Å². The Balaban J connectivity index is 0.0000000932. The molecule has 10 unspecified atom stereocenters. The number of benzene rings is 7. The largest absolute Gasteiger partial charge is 0.487 e. The van der Waals surface area contributed by atoms with E-state index in [9.17, 15) is 0 Å². The molecule has 0 amide bonds. The molecular formula is C110H137N9O6. The van der Waals surface area contributed by atoms with E-state index >= 15 is 0 Å². The monoisotopic (exact) mass is 1680 g/mol. The number of rotatable bonds is 6. The van der Waals surface area contributed by atoms with Gasteiger partial charge in [0.1, 0.15) is 62.4 Å². The second-order valence-corrected chi connectivity index (χ2v) is 41.7. The van der Waals surface area contributed by atoms with Crippen molar-refractivity contribution in [1.29, 1.82) is 0 Å². The highest BCUT2D eigenvalue weighted by Crippen LogP contribution is 2.52. The first-order valence-electron chi connectivity index (χ1n) is 49.6. The third-order valence-corrected chi connectivity index (χ3v) is 33.1. The van der Waals surface area contributed by atoms with Crippen molar-refractivity contribution in [2.75, 3.05) is 98.3 Å². The zero-order valence-corrected chi connectivity index (χ0v) is 75.2. The lowest BCUT2D eigenvalue weighted by molar-refractivity contribution is -0.0252. The van der Waals surface area contributed by atoms with Crippen LogP contribution in [0, 0.1) is 13.8 Å². The average molecular weight is 1680 g/mol. The molecule has 11 saturated heterocycles. The van der Waals surface area contributed by atoms with E-state index in [4.69, 9.17) is 28.4 Å². The topological polar surface area (TPSA) is 95.4 Å². The molecule has 26 rings (SSSR count). The summed E-state index contributed by atoms with van der Waals surface area (Å²) in [6.45, 7) is 25.1. The van der Waals surface area contributed by atoms with Gasteiger partial charge < -0.3 is 57.3 Å². The Kier molecular flexibility index (Phi) is 23.4. The summed E-state index contributed by atoms with van der Waals surface area (Å²) in [6, 6.07) is 59.8. The van der Waals surface area contributed by atoms with Gasteiger partial charge in [0.05, 0.1) is 13.2 Å². The second-order valence-electron chi connectivity index (χ2n) is 41.7. The number of aromatic nitrogens is 2. The number of hydrogen-bond donors (Lipinski definition) is 0. The van der Waals surface area contributed by atoms with Crippen LogP contribution in [0.15, 0.2) is 170 Å². The van der Waals surface area contributed by atoms with Crippen LogP contribution in [0.3, 0.4) is 0 Å². The maximum absolute atomic E-state index is 6.64. The molecule has 5 spiro atoms. The Morgan fingerprint density at radius 1 is 0.328 bits per heavy atom. The fourth-order valence-corrected chi connectivity index (χ4v) is 26.3. The molecule has 10 atom stereocenters. The Morgan fingerprint density at radius 3 is 1.16 bits per heavy atom. The van der Waals surface area contributed by atoms with Crippen molar-refractivity contribution in [2.45, 2.75) is 291 Å². The molecule has 11 fully saturated rings. The van der Waals surface area contributed by atoms with Gasteiger partial charge in [0.25, 0.3) is 0 Å². The van der Waals surface area contributed by atoms with E-state index < -0.39 is 0 Å². The number of aryl methyl sites for hydroxylation is 2. The fourth-order valence-electron chi connectivity index (χ4n) is 26.3. The number of piperidine rings is 10. The molecule has 9 aromatic rings. The average Bonchev–Trinajstić information content (AvgIpc) is 1.63. The van der Waals surface area contributed by atoms with Gasteiger partial charge in [-0.3, -0.25) is 9.80 Å². The molecule has 15 nitrogen and oxygen atoms in total. The highest BCUT2D eigenvalue weighted by molar-refractivity contribution is 5.68. The fraction of sp³-hybridized carbons (Fsp3) is 0.555. The van der Waals surface area contributed by atoms with E-state index in [1.54, 1.807) is 0 Å². The zero-order valence-electron chi connectivity index (χ0n) is 75.2. The molecule has 0 radical (unpaired) electrons. The molecule has 15 heteroatoms. The molecular weight excluding hydrogens is 1540 g/mol. The van der Waals surface area contributed by atoms with Crippen molar-refractivity contribution in [3.05, 3.63) is 231 Å². The van der Waals surface area contributed by atoms with Crippen molar-refractivity contribution in [3.8, 4) is 51.0 Å². The van der Waals surface area contributed by atoms with Crippen LogP contribution in [0.2, 0.25) is 0 Å². The van der Waals surface area contributed by atoms with Gasteiger partial charge in [0.2, 0.25) is 0 Å². The van der Waals surface area contributed by atoms with Crippen LogP contribution in [0.1, 0.15) is 222 Å². The number of fused-ring (bicyclic) bond motifs is 12. The molecule has 0 saturated carbocycles. The molecule has 2 aromatic heterocycles. The van der Waals surface area contributed by atoms with Crippen molar-refractivity contribution in [2.24, 2.45) is 0 Å². The van der Waals surface area contributed by atoms with Crippen LogP contribution in [-0.2, 0) is 62.9 Å². The summed E-state index contributed by atoms with van der Waals surface area (Å²) in [6.07, 6.45) is 45.4. The minimum absolute atomic E-state index is 0.0355. The number of ether oxygens (including phenoxy) is 6. The van der Waals surface area contributed by atoms with Crippen LogP contribution in [0.5, 0.6) is 28.7 Å².